The Kier molecular flexibility index (Phi) is 3.45. The molecule has 24 heavy (non-hydrogen) atoms. The molecule has 0 bridgehead atoms. The summed E-state index contributed by atoms with van der Waals surface area (Å²) in [7, 11) is 0. The third-order valence-electron chi connectivity index (χ3n) is 4.46. The topological polar surface area (TPSA) is 88.0 Å². The Morgan fingerprint density at radius 2 is 2.25 bits per heavy atom. The van der Waals surface area contributed by atoms with E-state index in [-0.39, 0.29) is 23.1 Å². The van der Waals surface area contributed by atoms with Crippen LogP contribution in [0.1, 0.15) is 33.8 Å². The van der Waals surface area contributed by atoms with Crippen molar-refractivity contribution in [1.82, 2.24) is 15.5 Å². The molecule has 6 nitrogen and oxygen atoms in total. The van der Waals surface area contributed by atoms with E-state index >= 15 is 0 Å². The SMILES string of the molecule is Cc1ccc2c(=O)cc(C(=O)N[C@@H]3CCc4cn[nH]c4C3)oc2c1. The predicted molar refractivity (Wildman–Crippen MR) is 89.1 cm³/mol. The molecule has 0 aliphatic heterocycles. The maximum atomic E-state index is 12.5. The minimum atomic E-state index is -0.358. The summed E-state index contributed by atoms with van der Waals surface area (Å²) in [5, 5.41) is 10.4. The highest BCUT2D eigenvalue weighted by atomic mass is 16.3. The second-order valence-electron chi connectivity index (χ2n) is 6.26. The van der Waals surface area contributed by atoms with Gasteiger partial charge in [0.1, 0.15) is 5.58 Å². The monoisotopic (exact) mass is 323 g/mol. The number of fused-ring (bicyclic) bond motifs is 2. The summed E-state index contributed by atoms with van der Waals surface area (Å²) in [6.45, 7) is 1.91. The molecule has 3 aromatic rings. The largest absolute Gasteiger partial charge is 0.451 e. The van der Waals surface area contributed by atoms with Crippen LogP contribution in [-0.4, -0.2) is 22.1 Å². The summed E-state index contributed by atoms with van der Waals surface area (Å²) in [4.78, 5) is 24.7. The number of nitrogens with zero attached hydrogens (tertiary/aromatic N) is 1. The van der Waals surface area contributed by atoms with E-state index in [0.717, 1.165) is 24.1 Å². The molecule has 122 valence electrons. The van der Waals surface area contributed by atoms with E-state index in [2.05, 4.69) is 15.5 Å². The van der Waals surface area contributed by atoms with Crippen LogP contribution in [0.3, 0.4) is 0 Å². The zero-order chi connectivity index (χ0) is 16.7. The lowest BCUT2D eigenvalue weighted by molar-refractivity contribution is 0.0906. The molecule has 0 radical (unpaired) electrons. The van der Waals surface area contributed by atoms with Gasteiger partial charge in [0.25, 0.3) is 5.91 Å². The van der Waals surface area contributed by atoms with Crippen molar-refractivity contribution in [2.24, 2.45) is 0 Å². The maximum absolute atomic E-state index is 12.5. The molecule has 6 heteroatoms. The van der Waals surface area contributed by atoms with Gasteiger partial charge in [-0.15, -0.1) is 0 Å². The Bertz CT molecular complexity index is 987. The normalized spacial score (nSPS) is 16.8. The fourth-order valence-corrected chi connectivity index (χ4v) is 3.16. The van der Waals surface area contributed by atoms with E-state index in [1.165, 1.54) is 11.6 Å². The van der Waals surface area contributed by atoms with Gasteiger partial charge in [-0.2, -0.15) is 5.10 Å². The standard InChI is InChI=1S/C18H17N3O3/c1-10-2-5-13-15(22)8-17(24-16(13)6-10)18(23)20-12-4-3-11-9-19-21-14(11)7-12/h2,5-6,8-9,12H,3-4,7H2,1H3,(H,19,21)(H,20,23)/t12-/m1/s1. The number of carbonyl (C=O) groups excluding carboxylic acids is 1. The average Bonchev–Trinajstić information content (AvgIpc) is 3.02. The first kappa shape index (κ1) is 14.7. The molecule has 0 unspecified atom stereocenters. The van der Waals surface area contributed by atoms with Crippen molar-refractivity contribution in [3.63, 3.8) is 0 Å². The van der Waals surface area contributed by atoms with Gasteiger partial charge in [0.05, 0.1) is 11.6 Å². The molecule has 4 rings (SSSR count). The van der Waals surface area contributed by atoms with Crippen LogP contribution in [-0.2, 0) is 12.8 Å². The summed E-state index contributed by atoms with van der Waals surface area (Å²) in [6.07, 6.45) is 4.25. The first-order valence-electron chi connectivity index (χ1n) is 7.96. The number of benzene rings is 1. The number of hydrogen-bond donors (Lipinski definition) is 2. The van der Waals surface area contributed by atoms with E-state index in [9.17, 15) is 9.59 Å². The number of aromatic amines is 1. The number of amides is 1. The smallest absolute Gasteiger partial charge is 0.287 e. The van der Waals surface area contributed by atoms with Gasteiger partial charge in [-0.1, -0.05) is 6.07 Å². The van der Waals surface area contributed by atoms with E-state index in [0.29, 0.717) is 17.4 Å². The molecule has 1 aromatic carbocycles. The van der Waals surface area contributed by atoms with Crippen LogP contribution in [0.25, 0.3) is 11.0 Å². The molecule has 0 saturated heterocycles. The van der Waals surface area contributed by atoms with Crippen molar-refractivity contribution in [2.75, 3.05) is 0 Å². The van der Waals surface area contributed by atoms with Crippen molar-refractivity contribution >= 4 is 16.9 Å². The van der Waals surface area contributed by atoms with Gasteiger partial charge in [0.2, 0.25) is 0 Å². The predicted octanol–water partition coefficient (Wildman–Crippen LogP) is 2.11. The molecule has 0 spiro atoms. The minimum absolute atomic E-state index is 0.00367. The van der Waals surface area contributed by atoms with Gasteiger partial charge in [-0.05, 0) is 43.0 Å². The van der Waals surface area contributed by atoms with Crippen LogP contribution >= 0.6 is 0 Å². The molecule has 1 amide bonds. The van der Waals surface area contributed by atoms with E-state index in [1.54, 1.807) is 12.1 Å². The third-order valence-corrected chi connectivity index (χ3v) is 4.46. The quantitative estimate of drug-likeness (QED) is 0.756. The second kappa shape index (κ2) is 5.63. The number of carbonyl (C=O) groups is 1. The Balaban J connectivity index is 1.59. The minimum Gasteiger partial charge on any atom is -0.451 e. The molecular weight excluding hydrogens is 306 g/mol. The molecule has 2 aromatic heterocycles. The highest BCUT2D eigenvalue weighted by molar-refractivity contribution is 5.93. The van der Waals surface area contributed by atoms with Crippen molar-refractivity contribution < 1.29 is 9.21 Å². The number of nitrogens with one attached hydrogen (secondary N) is 2. The number of H-pyrrole nitrogens is 1. The molecular formula is C18H17N3O3. The van der Waals surface area contributed by atoms with E-state index in [4.69, 9.17) is 4.42 Å². The summed E-state index contributed by atoms with van der Waals surface area (Å²) in [6, 6.07) is 6.61. The van der Waals surface area contributed by atoms with Crippen molar-refractivity contribution in [3.8, 4) is 0 Å². The van der Waals surface area contributed by atoms with Gasteiger partial charge in [-0.25, -0.2) is 0 Å². The third kappa shape index (κ3) is 2.60. The molecule has 2 N–H and O–H groups in total. The highest BCUT2D eigenvalue weighted by Gasteiger charge is 2.23. The number of hydrogen-bond acceptors (Lipinski definition) is 4. The lowest BCUT2D eigenvalue weighted by Crippen LogP contribution is -2.39. The second-order valence-corrected chi connectivity index (χ2v) is 6.26. The first-order chi connectivity index (χ1) is 11.6. The summed E-state index contributed by atoms with van der Waals surface area (Å²) in [5.74, 6) is -0.308. The van der Waals surface area contributed by atoms with Gasteiger partial charge in [-0.3, -0.25) is 14.7 Å². The van der Waals surface area contributed by atoms with E-state index in [1.807, 2.05) is 19.2 Å². The van der Waals surface area contributed by atoms with E-state index < -0.39 is 0 Å². The Labute approximate surface area is 137 Å². The number of aryl methyl sites for hydroxylation is 2. The van der Waals surface area contributed by atoms with Gasteiger partial charge >= 0.3 is 0 Å². The zero-order valence-corrected chi connectivity index (χ0v) is 13.3. The van der Waals surface area contributed by atoms with Crippen LogP contribution in [0.4, 0.5) is 0 Å². The number of rotatable bonds is 2. The Hall–Kier alpha value is -2.89. The lowest BCUT2D eigenvalue weighted by Gasteiger charge is -2.22. The molecule has 0 saturated carbocycles. The summed E-state index contributed by atoms with van der Waals surface area (Å²) >= 11 is 0. The maximum Gasteiger partial charge on any atom is 0.287 e. The Morgan fingerprint density at radius 1 is 1.38 bits per heavy atom. The zero-order valence-electron chi connectivity index (χ0n) is 13.3. The molecule has 1 atom stereocenters. The van der Waals surface area contributed by atoms with Crippen LogP contribution in [0.15, 0.2) is 39.7 Å². The molecule has 2 heterocycles. The van der Waals surface area contributed by atoms with Crippen molar-refractivity contribution in [1.29, 1.82) is 0 Å². The van der Waals surface area contributed by atoms with Gasteiger partial charge < -0.3 is 9.73 Å². The lowest BCUT2D eigenvalue weighted by atomic mass is 9.94. The first-order valence-corrected chi connectivity index (χ1v) is 7.96. The fraction of sp³-hybridized carbons (Fsp3) is 0.278. The van der Waals surface area contributed by atoms with Crippen molar-refractivity contribution in [3.05, 3.63) is 63.3 Å². The van der Waals surface area contributed by atoms with Crippen LogP contribution < -0.4 is 10.7 Å². The van der Waals surface area contributed by atoms with Gasteiger partial charge in [0.15, 0.2) is 11.2 Å². The molecule has 1 aliphatic rings. The summed E-state index contributed by atoms with van der Waals surface area (Å²) in [5.41, 5.74) is 3.46. The summed E-state index contributed by atoms with van der Waals surface area (Å²) < 4.78 is 5.65. The number of aromatic nitrogens is 2. The van der Waals surface area contributed by atoms with Gasteiger partial charge in [0, 0.05) is 24.2 Å². The fourth-order valence-electron chi connectivity index (χ4n) is 3.16. The van der Waals surface area contributed by atoms with Crippen LogP contribution in [0.2, 0.25) is 0 Å². The highest BCUT2D eigenvalue weighted by Crippen LogP contribution is 2.19. The van der Waals surface area contributed by atoms with Crippen LogP contribution in [0, 0.1) is 6.92 Å². The molecule has 1 aliphatic carbocycles. The van der Waals surface area contributed by atoms with Crippen molar-refractivity contribution in [2.45, 2.75) is 32.2 Å². The molecule has 0 fully saturated rings. The Morgan fingerprint density at radius 3 is 3.12 bits per heavy atom. The average molecular weight is 323 g/mol. The van der Waals surface area contributed by atoms with Crippen LogP contribution in [0.5, 0.6) is 0 Å².